The van der Waals surface area contributed by atoms with Crippen molar-refractivity contribution in [3.8, 4) is 0 Å². The molecule has 0 fully saturated rings. The van der Waals surface area contributed by atoms with E-state index in [2.05, 4.69) is 31.2 Å². The lowest BCUT2D eigenvalue weighted by atomic mass is 10.2. The molecule has 0 aromatic carbocycles. The molecule has 7 heteroatoms. The summed E-state index contributed by atoms with van der Waals surface area (Å²) >= 11 is 9.09. The fourth-order valence-corrected chi connectivity index (χ4v) is 1.93. The Morgan fingerprint density at radius 1 is 1.47 bits per heavy atom. The monoisotopic (exact) mass is 341 g/mol. The third kappa shape index (κ3) is 3.21. The van der Waals surface area contributed by atoms with Gasteiger partial charge in [0, 0.05) is 16.4 Å². The Balaban J connectivity index is 2.31. The zero-order valence-electron chi connectivity index (χ0n) is 9.83. The second-order valence-corrected chi connectivity index (χ2v) is 5.10. The topological polar surface area (TPSA) is 74.8 Å². The molecule has 0 aliphatic rings. The Hall–Kier alpha value is -1.66. The van der Waals surface area contributed by atoms with Crippen molar-refractivity contribution in [2.24, 2.45) is 0 Å². The van der Waals surface area contributed by atoms with Crippen molar-refractivity contribution in [3.63, 3.8) is 0 Å². The Kier molecular flexibility index (Phi) is 4.01. The Bertz CT molecular complexity index is 700. The van der Waals surface area contributed by atoms with Crippen LogP contribution in [0.4, 0.5) is 5.69 Å². The number of nitrogens with zero attached hydrogens (tertiary/aromatic N) is 1. The lowest BCUT2D eigenvalue weighted by Gasteiger charge is -2.06. The summed E-state index contributed by atoms with van der Waals surface area (Å²) in [4.78, 5) is 30.1. The van der Waals surface area contributed by atoms with Gasteiger partial charge in [-0.15, -0.1) is 0 Å². The molecule has 0 unspecified atom stereocenters. The van der Waals surface area contributed by atoms with Crippen LogP contribution in [0.15, 0.2) is 33.7 Å². The van der Waals surface area contributed by atoms with E-state index >= 15 is 0 Å². The second-order valence-electron chi connectivity index (χ2n) is 3.83. The fraction of sp³-hybridized carbons (Fsp3) is 0.0833. The number of hydrogen-bond donors (Lipinski definition) is 2. The molecule has 2 aromatic heterocycles. The first-order valence-corrected chi connectivity index (χ1v) is 6.47. The SMILES string of the molecule is Cc1ccc(C(=O)Nc2cc(Br)cnc2Cl)c(=O)[nH]1. The first-order chi connectivity index (χ1) is 8.97. The first kappa shape index (κ1) is 13.8. The largest absolute Gasteiger partial charge is 0.326 e. The molecular formula is C12H9BrClN3O2. The minimum absolute atomic E-state index is 0.0154. The number of carbonyl (C=O) groups excluding carboxylic acids is 1. The highest BCUT2D eigenvalue weighted by Crippen LogP contribution is 2.23. The van der Waals surface area contributed by atoms with Crippen molar-refractivity contribution >= 4 is 39.1 Å². The maximum atomic E-state index is 12.0. The number of anilines is 1. The average molecular weight is 343 g/mol. The molecule has 0 saturated heterocycles. The normalized spacial score (nSPS) is 10.3. The van der Waals surface area contributed by atoms with E-state index in [0.29, 0.717) is 15.9 Å². The molecule has 0 saturated carbocycles. The highest BCUT2D eigenvalue weighted by Gasteiger charge is 2.13. The van der Waals surface area contributed by atoms with Crippen molar-refractivity contribution in [1.82, 2.24) is 9.97 Å². The number of rotatable bonds is 2. The van der Waals surface area contributed by atoms with Gasteiger partial charge >= 0.3 is 0 Å². The van der Waals surface area contributed by atoms with E-state index in [-0.39, 0.29) is 10.7 Å². The van der Waals surface area contributed by atoms with E-state index in [1.165, 1.54) is 12.3 Å². The predicted octanol–water partition coefficient (Wildman–Crippen LogP) is 2.75. The Morgan fingerprint density at radius 3 is 2.89 bits per heavy atom. The molecule has 2 heterocycles. The van der Waals surface area contributed by atoms with Gasteiger partial charge in [0.15, 0.2) is 5.15 Å². The van der Waals surface area contributed by atoms with Crippen LogP contribution < -0.4 is 10.9 Å². The van der Waals surface area contributed by atoms with Gasteiger partial charge in [-0.05, 0) is 41.1 Å². The minimum Gasteiger partial charge on any atom is -0.326 e. The van der Waals surface area contributed by atoms with Gasteiger partial charge in [-0.25, -0.2) is 4.98 Å². The molecule has 0 aliphatic heterocycles. The van der Waals surface area contributed by atoms with E-state index in [4.69, 9.17) is 11.6 Å². The lowest BCUT2D eigenvalue weighted by molar-refractivity contribution is 0.102. The van der Waals surface area contributed by atoms with Gasteiger partial charge in [-0.2, -0.15) is 0 Å². The molecule has 2 rings (SSSR count). The number of amides is 1. The number of aromatic amines is 1. The third-order valence-corrected chi connectivity index (χ3v) is 3.09. The molecule has 0 aliphatic carbocycles. The summed E-state index contributed by atoms with van der Waals surface area (Å²) in [5.41, 5.74) is 0.586. The second kappa shape index (κ2) is 5.54. The standard InChI is InChI=1S/C12H9BrClN3O2/c1-6-2-3-8(11(18)16-6)12(19)17-9-4-7(13)5-15-10(9)14/h2-5H,1H3,(H,16,18)(H,17,19). The van der Waals surface area contributed by atoms with Gasteiger partial charge in [0.25, 0.3) is 11.5 Å². The number of H-pyrrole nitrogens is 1. The number of nitrogens with one attached hydrogen (secondary N) is 2. The number of hydrogen-bond acceptors (Lipinski definition) is 3. The zero-order chi connectivity index (χ0) is 14.0. The maximum Gasteiger partial charge on any atom is 0.261 e. The molecule has 2 N–H and O–H groups in total. The van der Waals surface area contributed by atoms with Crippen LogP contribution in [0.1, 0.15) is 16.1 Å². The molecule has 19 heavy (non-hydrogen) atoms. The highest BCUT2D eigenvalue weighted by molar-refractivity contribution is 9.10. The molecular weight excluding hydrogens is 334 g/mol. The Morgan fingerprint density at radius 2 is 2.21 bits per heavy atom. The van der Waals surface area contributed by atoms with Crippen molar-refractivity contribution in [2.45, 2.75) is 6.92 Å². The third-order valence-electron chi connectivity index (χ3n) is 2.35. The summed E-state index contributed by atoms with van der Waals surface area (Å²) < 4.78 is 0.671. The van der Waals surface area contributed by atoms with E-state index < -0.39 is 11.5 Å². The van der Waals surface area contributed by atoms with E-state index in [1.807, 2.05) is 0 Å². The van der Waals surface area contributed by atoms with E-state index in [0.717, 1.165) is 0 Å². The van der Waals surface area contributed by atoms with Gasteiger partial charge in [0.2, 0.25) is 0 Å². The van der Waals surface area contributed by atoms with Crippen molar-refractivity contribution in [2.75, 3.05) is 5.32 Å². The summed E-state index contributed by atoms with van der Waals surface area (Å²) in [6, 6.07) is 4.72. The molecule has 2 aromatic rings. The number of halogens is 2. The van der Waals surface area contributed by atoms with Gasteiger partial charge < -0.3 is 10.3 Å². The summed E-state index contributed by atoms with van der Waals surface area (Å²) in [6.07, 6.45) is 1.51. The minimum atomic E-state index is -0.539. The maximum absolute atomic E-state index is 12.0. The van der Waals surface area contributed by atoms with Crippen LogP contribution in [0.25, 0.3) is 0 Å². The summed E-state index contributed by atoms with van der Waals surface area (Å²) in [6.45, 7) is 1.73. The van der Waals surface area contributed by atoms with Crippen molar-refractivity contribution < 1.29 is 4.79 Å². The molecule has 0 radical (unpaired) electrons. The van der Waals surface area contributed by atoms with E-state index in [1.54, 1.807) is 19.1 Å². The van der Waals surface area contributed by atoms with Crippen LogP contribution in [-0.2, 0) is 0 Å². The highest BCUT2D eigenvalue weighted by atomic mass is 79.9. The van der Waals surface area contributed by atoms with Crippen molar-refractivity contribution in [1.29, 1.82) is 0 Å². The molecule has 98 valence electrons. The van der Waals surface area contributed by atoms with Crippen LogP contribution in [0.5, 0.6) is 0 Å². The van der Waals surface area contributed by atoms with Crippen LogP contribution >= 0.6 is 27.5 Å². The number of carbonyl (C=O) groups is 1. The molecule has 0 atom stereocenters. The smallest absolute Gasteiger partial charge is 0.261 e. The van der Waals surface area contributed by atoms with Gasteiger partial charge in [-0.3, -0.25) is 9.59 Å². The predicted molar refractivity (Wildman–Crippen MR) is 76.7 cm³/mol. The van der Waals surface area contributed by atoms with Crippen LogP contribution in [0.2, 0.25) is 5.15 Å². The Labute approximate surface area is 122 Å². The first-order valence-electron chi connectivity index (χ1n) is 5.29. The van der Waals surface area contributed by atoms with E-state index in [9.17, 15) is 9.59 Å². The fourth-order valence-electron chi connectivity index (χ4n) is 1.45. The summed E-state index contributed by atoms with van der Waals surface area (Å²) in [5, 5.41) is 2.70. The number of aromatic nitrogens is 2. The lowest BCUT2D eigenvalue weighted by Crippen LogP contribution is -2.23. The number of aryl methyl sites for hydroxylation is 1. The van der Waals surface area contributed by atoms with Gasteiger partial charge in [0.1, 0.15) is 5.56 Å². The molecule has 5 nitrogen and oxygen atoms in total. The van der Waals surface area contributed by atoms with Crippen LogP contribution in [-0.4, -0.2) is 15.9 Å². The number of pyridine rings is 2. The quantitative estimate of drug-likeness (QED) is 0.824. The van der Waals surface area contributed by atoms with Crippen LogP contribution in [0.3, 0.4) is 0 Å². The average Bonchev–Trinajstić information content (AvgIpc) is 2.33. The molecule has 0 spiro atoms. The van der Waals surface area contributed by atoms with Crippen molar-refractivity contribution in [3.05, 3.63) is 55.6 Å². The summed E-state index contributed by atoms with van der Waals surface area (Å²) in [5.74, 6) is -0.539. The van der Waals surface area contributed by atoms with Gasteiger partial charge in [0.05, 0.1) is 5.69 Å². The molecule has 1 amide bonds. The van der Waals surface area contributed by atoms with Gasteiger partial charge in [-0.1, -0.05) is 11.6 Å². The molecule has 0 bridgehead atoms. The summed E-state index contributed by atoms with van der Waals surface area (Å²) in [7, 11) is 0. The van der Waals surface area contributed by atoms with Crippen LogP contribution in [0, 0.1) is 6.92 Å². The zero-order valence-corrected chi connectivity index (χ0v) is 12.2.